The zero-order valence-electron chi connectivity index (χ0n) is 14.3. The lowest BCUT2D eigenvalue weighted by Gasteiger charge is -2.18. The molecular formula is C19H16F3NO3S. The standard InChI is InChI=1S/C19H16F3NO3S/c1-11-18-15(7-8-23-11)16-10-14(5-6-17(16)26-18)27(24,25)13-4-2-3-12(9-13)19(20,21)22/h2-6,9-11,23H,7-8H2,1H3. The molecule has 0 aliphatic carbocycles. The Balaban J connectivity index is 1.84. The van der Waals surface area contributed by atoms with Crippen LogP contribution < -0.4 is 5.32 Å². The molecule has 0 amide bonds. The van der Waals surface area contributed by atoms with Crippen molar-refractivity contribution in [3.05, 3.63) is 59.4 Å². The van der Waals surface area contributed by atoms with Crippen LogP contribution in [0, 0.1) is 0 Å². The highest BCUT2D eigenvalue weighted by molar-refractivity contribution is 7.91. The predicted molar refractivity (Wildman–Crippen MR) is 93.2 cm³/mol. The third kappa shape index (κ3) is 3.02. The third-order valence-corrected chi connectivity index (χ3v) is 6.54. The summed E-state index contributed by atoms with van der Waals surface area (Å²) in [5.41, 5.74) is 0.515. The number of hydrogen-bond acceptors (Lipinski definition) is 4. The minimum Gasteiger partial charge on any atom is -0.459 e. The van der Waals surface area contributed by atoms with Gasteiger partial charge in [-0.2, -0.15) is 13.2 Å². The molecule has 1 unspecified atom stereocenters. The van der Waals surface area contributed by atoms with E-state index in [-0.39, 0.29) is 15.8 Å². The van der Waals surface area contributed by atoms with E-state index in [1.54, 1.807) is 6.07 Å². The molecule has 3 aromatic rings. The van der Waals surface area contributed by atoms with E-state index in [0.717, 1.165) is 30.0 Å². The summed E-state index contributed by atoms with van der Waals surface area (Å²) in [6.45, 7) is 2.70. The maximum Gasteiger partial charge on any atom is 0.416 e. The summed E-state index contributed by atoms with van der Waals surface area (Å²) >= 11 is 0. The first-order valence-corrected chi connectivity index (χ1v) is 9.87. The Morgan fingerprint density at radius 1 is 1.11 bits per heavy atom. The summed E-state index contributed by atoms with van der Waals surface area (Å²) in [6, 6.07) is 8.22. The lowest BCUT2D eigenvalue weighted by atomic mass is 10.0. The first-order valence-electron chi connectivity index (χ1n) is 8.39. The fourth-order valence-electron chi connectivity index (χ4n) is 3.40. The Morgan fingerprint density at radius 2 is 1.85 bits per heavy atom. The maximum atomic E-state index is 12.9. The van der Waals surface area contributed by atoms with Crippen molar-refractivity contribution in [2.24, 2.45) is 0 Å². The summed E-state index contributed by atoms with van der Waals surface area (Å²) in [7, 11) is -4.09. The molecule has 1 aromatic heterocycles. The summed E-state index contributed by atoms with van der Waals surface area (Å²) < 4.78 is 70.4. The normalized spacial score (nSPS) is 17.9. The molecule has 27 heavy (non-hydrogen) atoms. The van der Waals surface area contributed by atoms with E-state index in [0.29, 0.717) is 23.5 Å². The second-order valence-electron chi connectivity index (χ2n) is 6.56. The van der Waals surface area contributed by atoms with Crippen molar-refractivity contribution in [2.45, 2.75) is 35.4 Å². The molecule has 0 radical (unpaired) electrons. The molecule has 0 fully saturated rings. The number of rotatable bonds is 2. The van der Waals surface area contributed by atoms with E-state index in [4.69, 9.17) is 4.42 Å². The highest BCUT2D eigenvalue weighted by Crippen LogP contribution is 2.36. The van der Waals surface area contributed by atoms with Gasteiger partial charge in [-0.3, -0.25) is 0 Å². The first kappa shape index (κ1) is 18.1. The smallest absolute Gasteiger partial charge is 0.416 e. The van der Waals surface area contributed by atoms with Crippen LogP contribution in [0.15, 0.2) is 56.7 Å². The van der Waals surface area contributed by atoms with Gasteiger partial charge in [-0.1, -0.05) is 6.07 Å². The second-order valence-corrected chi connectivity index (χ2v) is 8.51. The monoisotopic (exact) mass is 395 g/mol. The molecule has 142 valence electrons. The molecule has 2 aromatic carbocycles. The lowest BCUT2D eigenvalue weighted by molar-refractivity contribution is -0.137. The number of alkyl halides is 3. The number of furan rings is 1. The third-order valence-electron chi connectivity index (χ3n) is 4.79. The zero-order chi connectivity index (χ0) is 19.4. The van der Waals surface area contributed by atoms with Crippen LogP contribution in [0.3, 0.4) is 0 Å². The Hall–Kier alpha value is -2.32. The van der Waals surface area contributed by atoms with Gasteiger partial charge in [0.25, 0.3) is 0 Å². The average Bonchev–Trinajstić information content (AvgIpc) is 3.00. The molecule has 4 nitrogen and oxygen atoms in total. The van der Waals surface area contributed by atoms with Crippen LogP contribution in [0.25, 0.3) is 11.0 Å². The minimum absolute atomic E-state index is 0.0182. The lowest BCUT2D eigenvalue weighted by Crippen LogP contribution is -2.26. The van der Waals surface area contributed by atoms with Crippen LogP contribution in [0.4, 0.5) is 13.2 Å². The molecular weight excluding hydrogens is 379 g/mol. The second kappa shape index (κ2) is 6.10. The largest absolute Gasteiger partial charge is 0.459 e. The maximum absolute atomic E-state index is 12.9. The fraction of sp³-hybridized carbons (Fsp3) is 0.263. The fourth-order valence-corrected chi connectivity index (χ4v) is 4.74. The quantitative estimate of drug-likeness (QED) is 0.695. The van der Waals surface area contributed by atoms with Gasteiger partial charge in [-0.25, -0.2) is 8.42 Å². The number of halogens is 3. The molecule has 1 aliphatic rings. The Labute approximate surface area is 153 Å². The van der Waals surface area contributed by atoms with Crippen molar-refractivity contribution in [2.75, 3.05) is 6.54 Å². The molecule has 0 saturated carbocycles. The van der Waals surface area contributed by atoms with Gasteiger partial charge in [0, 0.05) is 10.9 Å². The van der Waals surface area contributed by atoms with Crippen LogP contribution >= 0.6 is 0 Å². The van der Waals surface area contributed by atoms with Crippen LogP contribution in [0.5, 0.6) is 0 Å². The van der Waals surface area contributed by atoms with Crippen LogP contribution in [-0.2, 0) is 22.4 Å². The summed E-state index contributed by atoms with van der Waals surface area (Å²) in [5, 5.41) is 3.96. The molecule has 2 heterocycles. The number of fused-ring (bicyclic) bond motifs is 3. The molecule has 8 heteroatoms. The van der Waals surface area contributed by atoms with E-state index in [2.05, 4.69) is 5.32 Å². The molecule has 1 N–H and O–H groups in total. The highest BCUT2D eigenvalue weighted by Gasteiger charge is 2.32. The molecule has 4 rings (SSSR count). The molecule has 0 saturated heterocycles. The first-order chi connectivity index (χ1) is 12.7. The topological polar surface area (TPSA) is 59.3 Å². The summed E-state index contributed by atoms with van der Waals surface area (Å²) in [6.07, 6.45) is -3.91. The predicted octanol–water partition coefficient (Wildman–Crippen LogP) is 4.49. The number of benzene rings is 2. The van der Waals surface area contributed by atoms with Gasteiger partial charge in [-0.15, -0.1) is 0 Å². The van der Waals surface area contributed by atoms with Gasteiger partial charge in [0.1, 0.15) is 11.3 Å². The molecule has 0 spiro atoms. The van der Waals surface area contributed by atoms with Crippen molar-refractivity contribution < 1.29 is 26.0 Å². The summed E-state index contributed by atoms with van der Waals surface area (Å²) in [4.78, 5) is -0.437. The van der Waals surface area contributed by atoms with Crippen LogP contribution in [0.1, 0.15) is 29.9 Å². The Morgan fingerprint density at radius 3 is 2.59 bits per heavy atom. The SMILES string of the molecule is CC1NCCc2c1oc1ccc(S(=O)(=O)c3cccc(C(F)(F)F)c3)cc21. The van der Waals surface area contributed by atoms with Gasteiger partial charge >= 0.3 is 6.18 Å². The molecule has 1 aliphatic heterocycles. The number of nitrogens with one attached hydrogen (secondary N) is 1. The van der Waals surface area contributed by atoms with Gasteiger partial charge in [-0.05, 0) is 56.3 Å². The van der Waals surface area contributed by atoms with Crippen molar-refractivity contribution in [1.82, 2.24) is 5.32 Å². The van der Waals surface area contributed by atoms with E-state index < -0.39 is 21.6 Å². The van der Waals surface area contributed by atoms with E-state index in [9.17, 15) is 21.6 Å². The van der Waals surface area contributed by atoms with E-state index >= 15 is 0 Å². The highest BCUT2D eigenvalue weighted by atomic mass is 32.2. The van der Waals surface area contributed by atoms with Crippen molar-refractivity contribution in [3.63, 3.8) is 0 Å². The van der Waals surface area contributed by atoms with Crippen molar-refractivity contribution >= 4 is 20.8 Å². The van der Waals surface area contributed by atoms with Gasteiger partial charge in [0.05, 0.1) is 21.4 Å². The Kier molecular flexibility index (Phi) is 4.08. The van der Waals surface area contributed by atoms with Crippen molar-refractivity contribution in [1.29, 1.82) is 0 Å². The minimum atomic E-state index is -4.61. The number of sulfone groups is 1. The molecule has 1 atom stereocenters. The van der Waals surface area contributed by atoms with E-state index in [1.165, 1.54) is 18.2 Å². The van der Waals surface area contributed by atoms with Crippen molar-refractivity contribution in [3.8, 4) is 0 Å². The molecule has 0 bridgehead atoms. The van der Waals surface area contributed by atoms with Gasteiger partial charge in [0.2, 0.25) is 9.84 Å². The number of hydrogen-bond donors (Lipinski definition) is 1. The van der Waals surface area contributed by atoms with Crippen LogP contribution in [-0.4, -0.2) is 15.0 Å². The average molecular weight is 395 g/mol. The van der Waals surface area contributed by atoms with Gasteiger partial charge < -0.3 is 9.73 Å². The zero-order valence-corrected chi connectivity index (χ0v) is 15.1. The summed E-state index contributed by atoms with van der Waals surface area (Å²) in [5.74, 6) is 0.768. The van der Waals surface area contributed by atoms with E-state index in [1.807, 2.05) is 6.92 Å². The van der Waals surface area contributed by atoms with Crippen LogP contribution in [0.2, 0.25) is 0 Å². The Bertz CT molecular complexity index is 1130. The van der Waals surface area contributed by atoms with Gasteiger partial charge in [0.15, 0.2) is 0 Å².